The second-order valence-corrected chi connectivity index (χ2v) is 30.7. The van der Waals surface area contributed by atoms with E-state index in [1.165, 1.54) is 68.9 Å². The number of imidazole rings is 4. The zero-order valence-electron chi connectivity index (χ0n) is 58.9. The van der Waals surface area contributed by atoms with Crippen LogP contribution in [0.5, 0.6) is 0 Å². The number of nitrogens with zero attached hydrogens (tertiary/aromatic N) is 16. The number of anilines is 4. The molecule has 12 aromatic rings. The zero-order chi connectivity index (χ0) is 78.1. The number of benzene rings is 4. The SMILES string of the molecule is O=P(O)(OC[C@H]1O[C@@H](n2cnc3c(NCc4ccccc4)ncnc32)[C@H](OP(=O)(O)OC[C@H]2O[C@@H](n3cnc4c(NCc5ccccc5)ncnc43)[C@H](OP(=O)(O)OC[C@H]3O[C@@H](n4cnc5c(NCc6ccccc6)ncnc54)[C@H](O)[C@@H]3O)[C@@H]2O)[C@@H]1O)O[C@@H]1[C@H](O)[C@@H](CO)O[C@H]1n1cnc2c(NCc3ccccc3)ncnc21. The third-order valence-electron chi connectivity index (χ3n) is 19.2. The molecular formula is C68H73N20O22P3. The topological polar surface area (TPSA) is 548 Å². The zero-order valence-corrected chi connectivity index (χ0v) is 61.6. The lowest BCUT2D eigenvalue weighted by Crippen LogP contribution is -2.37. The Morgan fingerprint density at radius 2 is 0.593 bits per heavy atom. The van der Waals surface area contributed by atoms with Crippen LogP contribution in [0, 0.1) is 0 Å². The second kappa shape index (κ2) is 33.0. The molecule has 16 rings (SSSR count). The molecule has 4 aliphatic rings. The van der Waals surface area contributed by atoms with Gasteiger partial charge >= 0.3 is 23.5 Å². The van der Waals surface area contributed by atoms with E-state index in [1.54, 1.807) is 0 Å². The fourth-order valence-corrected chi connectivity index (χ4v) is 16.3. The van der Waals surface area contributed by atoms with Crippen molar-refractivity contribution in [3.8, 4) is 0 Å². The van der Waals surface area contributed by atoms with Crippen LogP contribution >= 0.6 is 23.5 Å². The molecule has 13 N–H and O–H groups in total. The number of hydrogen-bond acceptors (Lipinski definition) is 35. The van der Waals surface area contributed by atoms with Gasteiger partial charge in [-0.25, -0.2) is 73.5 Å². The van der Waals surface area contributed by atoms with Gasteiger partial charge in [-0.3, -0.25) is 45.4 Å². The molecule has 113 heavy (non-hydrogen) atoms. The molecule has 0 bridgehead atoms. The van der Waals surface area contributed by atoms with Gasteiger partial charge in [-0.15, -0.1) is 0 Å². The van der Waals surface area contributed by atoms with Crippen LogP contribution in [0.3, 0.4) is 0 Å². The number of fused-ring (bicyclic) bond motifs is 4. The van der Waals surface area contributed by atoms with Gasteiger partial charge in [0.25, 0.3) is 0 Å². The molecule has 0 saturated carbocycles. The number of rotatable bonds is 32. The minimum Gasteiger partial charge on any atom is -0.394 e. The van der Waals surface area contributed by atoms with E-state index in [2.05, 4.69) is 81.1 Å². The largest absolute Gasteiger partial charge is 0.472 e. The van der Waals surface area contributed by atoms with Crippen molar-refractivity contribution < 1.29 is 105 Å². The van der Waals surface area contributed by atoms with Gasteiger partial charge in [0.15, 0.2) is 92.8 Å². The average molecular weight is 1620 g/mol. The molecule has 592 valence electrons. The summed E-state index contributed by atoms with van der Waals surface area (Å²) in [5, 5.41) is 81.8. The van der Waals surface area contributed by atoms with Crippen LogP contribution in [0.15, 0.2) is 172 Å². The predicted octanol–water partition coefficient (Wildman–Crippen LogP) is 3.69. The Hall–Kier alpha value is -9.79. The fraction of sp³-hybridized carbons (Fsp3) is 0.353. The molecule has 3 unspecified atom stereocenters. The highest BCUT2D eigenvalue weighted by Crippen LogP contribution is 2.55. The maximum atomic E-state index is 14.7. The Kier molecular flexibility index (Phi) is 22.5. The Labute approximate surface area is 638 Å². The van der Waals surface area contributed by atoms with Crippen molar-refractivity contribution in [2.75, 3.05) is 47.7 Å². The fourth-order valence-electron chi connectivity index (χ4n) is 13.5. The first-order valence-corrected chi connectivity index (χ1v) is 39.6. The minimum atomic E-state index is -5.66. The molecule has 4 aromatic carbocycles. The van der Waals surface area contributed by atoms with E-state index in [0.717, 1.165) is 22.3 Å². The van der Waals surface area contributed by atoms with E-state index in [4.69, 9.17) is 46.1 Å². The lowest BCUT2D eigenvalue weighted by atomic mass is 10.1. The van der Waals surface area contributed by atoms with Gasteiger partial charge < -0.3 is 85.5 Å². The van der Waals surface area contributed by atoms with Crippen LogP contribution < -0.4 is 21.3 Å². The number of aromatic nitrogens is 16. The molecule has 45 heteroatoms. The predicted molar refractivity (Wildman–Crippen MR) is 391 cm³/mol. The molecule has 4 aliphatic heterocycles. The third kappa shape index (κ3) is 16.5. The van der Waals surface area contributed by atoms with E-state index in [1.807, 2.05) is 121 Å². The molecule has 8 aromatic heterocycles. The van der Waals surface area contributed by atoms with E-state index in [-0.39, 0.29) is 63.9 Å². The van der Waals surface area contributed by atoms with Crippen molar-refractivity contribution >= 4 is 91.4 Å². The summed E-state index contributed by atoms with van der Waals surface area (Å²) in [5.74, 6) is 1.13. The first-order valence-electron chi connectivity index (χ1n) is 35.2. The quantitative estimate of drug-likeness (QED) is 0.0267. The Morgan fingerprint density at radius 1 is 0.336 bits per heavy atom. The molecule has 0 spiro atoms. The summed E-state index contributed by atoms with van der Waals surface area (Å²) in [7, 11) is -16.6. The molecule has 42 nitrogen and oxygen atoms in total. The maximum Gasteiger partial charge on any atom is 0.472 e. The highest BCUT2D eigenvalue weighted by atomic mass is 31.2. The second-order valence-electron chi connectivity index (χ2n) is 26.4. The van der Waals surface area contributed by atoms with Crippen molar-refractivity contribution in [2.24, 2.45) is 0 Å². The first kappa shape index (κ1) is 77.2. The molecule has 12 heterocycles. The summed E-state index contributed by atoms with van der Waals surface area (Å²) >= 11 is 0. The van der Waals surface area contributed by atoms with E-state index >= 15 is 0 Å². The number of phosphoric acid groups is 3. The highest BCUT2D eigenvalue weighted by molar-refractivity contribution is 7.48. The molecule has 19 atom stereocenters. The Balaban J connectivity index is 0.635. The highest BCUT2D eigenvalue weighted by Gasteiger charge is 2.55. The van der Waals surface area contributed by atoms with E-state index in [9.17, 15) is 59.0 Å². The van der Waals surface area contributed by atoms with E-state index < -0.39 is 148 Å². The Bertz CT molecular complexity index is 5450. The maximum absolute atomic E-state index is 14.7. The number of ether oxygens (including phenoxy) is 4. The van der Waals surface area contributed by atoms with Crippen LogP contribution in [0.2, 0.25) is 0 Å². The summed E-state index contributed by atoms with van der Waals surface area (Å²) in [6.07, 6.45) is -18.1. The van der Waals surface area contributed by atoms with Gasteiger partial charge in [-0.2, -0.15) is 0 Å². The smallest absolute Gasteiger partial charge is 0.394 e. The normalized spacial score (nSPS) is 26.8. The monoisotopic (exact) mass is 1610 g/mol. The van der Waals surface area contributed by atoms with Gasteiger partial charge in [-0.05, 0) is 22.3 Å². The van der Waals surface area contributed by atoms with Gasteiger partial charge in [0.1, 0.15) is 98.6 Å². The minimum absolute atomic E-state index is 0.0132. The van der Waals surface area contributed by atoms with Crippen molar-refractivity contribution in [1.29, 1.82) is 0 Å². The average Bonchev–Trinajstić information content (AvgIpc) is 1.63. The number of hydrogen-bond donors (Lipinski definition) is 13. The van der Waals surface area contributed by atoms with Gasteiger partial charge in [0.05, 0.1) is 51.7 Å². The van der Waals surface area contributed by atoms with Crippen molar-refractivity contribution in [2.45, 2.75) is 124 Å². The van der Waals surface area contributed by atoms with Gasteiger partial charge in [0.2, 0.25) is 0 Å². The van der Waals surface area contributed by atoms with Crippen molar-refractivity contribution in [3.05, 3.63) is 194 Å². The molecule has 0 amide bonds. The standard InChI is InChI=1S/C68H73N20O22P3/c89-25-41-50(91)54(66(104-41)86-34-82-46-58(74-30-78-62(46)86)70-22-38-15-7-2-8-16-38)108-112(97,98)102-27-43-52(93)56(68(106-43)88-36-84-48-60(76-32-80-64(48)88)72-24-40-19-11-4-12-20-40)110-113(99,100)103-28-44-51(92)55(67(107-44)87-35-83-47-59(75-31-79-63(47)87)71-23-39-17-9-3-10-18-39)109-111(95,96)101-26-42-49(90)53(94)65(105-42)85-33-81-45-57(73-29-77-61(45)85)69-21-37-13-5-1-6-14-37/h1-20,29-36,41-44,49-56,65-68,89-94H,21-28H2,(H,95,96)(H,97,98)(H,99,100)(H,69,73,77)(H,70,74,78)(H,71,75,79)(H,72,76,80)/t41-,42-,43-,44-,49-,50-,51-,52-,53-,54-,55-,56-,65-,66-,67-,68-/m1/s1. The molecule has 0 radical (unpaired) electrons. The number of aliphatic hydroxyl groups is 6. The van der Waals surface area contributed by atoms with Crippen LogP contribution in [0.1, 0.15) is 47.2 Å². The van der Waals surface area contributed by atoms with Gasteiger partial charge in [-0.1, -0.05) is 121 Å². The first-order chi connectivity index (χ1) is 54.7. The van der Waals surface area contributed by atoms with Crippen LogP contribution in [-0.2, 0) is 86.0 Å². The summed E-state index contributed by atoms with van der Waals surface area (Å²) in [6.45, 7) is -2.54. The summed E-state index contributed by atoms with van der Waals surface area (Å²) < 4.78 is 107. The molecule has 0 aliphatic carbocycles. The van der Waals surface area contributed by atoms with Crippen LogP contribution in [0.4, 0.5) is 23.3 Å². The summed E-state index contributed by atoms with van der Waals surface area (Å²) in [6, 6.07) is 37.5. The molecular weight excluding hydrogens is 1540 g/mol. The number of phosphoric ester groups is 3. The van der Waals surface area contributed by atoms with Crippen LogP contribution in [0.25, 0.3) is 44.7 Å². The summed E-state index contributed by atoms with van der Waals surface area (Å²) in [4.78, 5) is 87.7. The lowest BCUT2D eigenvalue weighted by molar-refractivity contribution is -0.0656. The van der Waals surface area contributed by atoms with Crippen molar-refractivity contribution in [1.82, 2.24) is 78.1 Å². The number of nitrogens with one attached hydrogen (secondary N) is 4. The van der Waals surface area contributed by atoms with E-state index in [0.29, 0.717) is 30.2 Å². The summed E-state index contributed by atoms with van der Waals surface area (Å²) in [5.41, 5.74) is 4.84. The van der Waals surface area contributed by atoms with Crippen molar-refractivity contribution in [3.63, 3.8) is 0 Å². The molecule has 4 fully saturated rings. The Morgan fingerprint density at radius 3 is 0.885 bits per heavy atom. The molecule has 4 saturated heterocycles. The van der Waals surface area contributed by atoms with Gasteiger partial charge in [0, 0.05) is 26.2 Å². The third-order valence-corrected chi connectivity index (χ3v) is 22.1. The lowest BCUT2D eigenvalue weighted by Gasteiger charge is -2.25. The number of aliphatic hydroxyl groups excluding tert-OH is 6. The van der Waals surface area contributed by atoms with Crippen LogP contribution in [-0.4, -0.2) is 223 Å².